The van der Waals surface area contributed by atoms with Crippen molar-refractivity contribution in [3.8, 4) is 0 Å². The van der Waals surface area contributed by atoms with E-state index in [1.807, 2.05) is 50.2 Å². The molecular weight excluding hydrogens is 276 g/mol. The van der Waals surface area contributed by atoms with E-state index in [1.165, 1.54) is 0 Å². The third-order valence-corrected chi connectivity index (χ3v) is 3.54. The van der Waals surface area contributed by atoms with Crippen LogP contribution in [0.2, 0.25) is 0 Å². The van der Waals surface area contributed by atoms with Crippen molar-refractivity contribution in [2.75, 3.05) is 0 Å². The van der Waals surface area contributed by atoms with E-state index in [-0.39, 0.29) is 11.6 Å². The van der Waals surface area contributed by atoms with E-state index in [0.29, 0.717) is 17.0 Å². The Morgan fingerprint density at radius 1 is 1.05 bits per heavy atom. The molecule has 0 bridgehead atoms. The number of carbonyl (C=O) groups is 1. The molecule has 4 rings (SSSR count). The molecule has 0 radical (unpaired) electrons. The Morgan fingerprint density at radius 3 is 2.27 bits per heavy atom. The second-order valence-electron chi connectivity index (χ2n) is 4.74. The average molecular weight is 292 g/mol. The van der Waals surface area contributed by atoms with Crippen molar-refractivity contribution in [1.82, 2.24) is 5.12 Å². The maximum Gasteiger partial charge on any atom is 0.214 e. The number of Topliss-reactive ketones (excluding diaryl/α,β-unsaturated/α-hetero) is 1. The van der Waals surface area contributed by atoms with Crippen molar-refractivity contribution in [2.45, 2.75) is 13.8 Å². The summed E-state index contributed by atoms with van der Waals surface area (Å²) in [7, 11) is 0. The molecule has 0 aromatic heterocycles. The van der Waals surface area contributed by atoms with Gasteiger partial charge in [0.25, 0.3) is 0 Å². The largest absolute Gasteiger partial charge is 0.287 e. The lowest BCUT2D eigenvalue weighted by Gasteiger charge is -2.17. The minimum atomic E-state index is -0.126. The molecule has 1 aliphatic heterocycles. The Balaban J connectivity index is 0.000000693. The van der Waals surface area contributed by atoms with Crippen LogP contribution in [0.15, 0.2) is 58.9 Å². The summed E-state index contributed by atoms with van der Waals surface area (Å²) in [4.78, 5) is 16.6. The van der Waals surface area contributed by atoms with E-state index in [2.05, 4.69) is 16.7 Å². The summed E-state index contributed by atoms with van der Waals surface area (Å²) in [5.74, 6) is 5.81. The molecule has 1 aliphatic carbocycles. The summed E-state index contributed by atoms with van der Waals surface area (Å²) in [5.41, 5.74) is 2.23. The monoisotopic (exact) mass is 292 g/mol. The molecule has 0 saturated carbocycles. The number of aliphatic imine (C=N–C) groups is 1. The van der Waals surface area contributed by atoms with Crippen LogP contribution in [-0.4, -0.2) is 22.3 Å². The van der Waals surface area contributed by atoms with Crippen molar-refractivity contribution >= 4 is 28.0 Å². The van der Waals surface area contributed by atoms with E-state index < -0.39 is 0 Å². The summed E-state index contributed by atoms with van der Waals surface area (Å²) >= 11 is 0. The fraction of sp³-hybridized carbons (Fsp3) is 0.118. The molecule has 5 nitrogen and oxygen atoms in total. The first-order valence-electron chi connectivity index (χ1n) is 7.14. The number of nitrogens with zero attached hydrogens (tertiary/aromatic N) is 3. The van der Waals surface area contributed by atoms with E-state index in [4.69, 9.17) is 5.84 Å². The molecule has 0 unspecified atom stereocenters. The average Bonchev–Trinajstić information content (AvgIpc) is 2.80. The molecule has 5 heteroatoms. The molecule has 2 N–H and O–H groups in total. The number of hydrazone groups is 1. The molecule has 0 atom stereocenters. The minimum Gasteiger partial charge on any atom is -0.287 e. The predicted octanol–water partition coefficient (Wildman–Crippen LogP) is 2.87. The Kier molecular flexibility index (Phi) is 3.35. The van der Waals surface area contributed by atoms with Gasteiger partial charge in [0.1, 0.15) is 11.4 Å². The highest BCUT2D eigenvalue weighted by Crippen LogP contribution is 2.29. The van der Waals surface area contributed by atoms with Crippen molar-refractivity contribution in [1.29, 1.82) is 0 Å². The normalized spacial score (nSPS) is 15.7. The quantitative estimate of drug-likeness (QED) is 0.759. The Morgan fingerprint density at radius 2 is 1.64 bits per heavy atom. The standard InChI is InChI=1S/C15H10N4O.C2H6/c1-8-17-14-13(18-19(8)16)11-6-9-4-2-3-5-10(9)7-12(11)15(14)20;1-2/h2-7H,1,16H2;1-2H3. The molecule has 0 saturated heterocycles. The van der Waals surface area contributed by atoms with Gasteiger partial charge in [-0.05, 0) is 22.9 Å². The second kappa shape index (κ2) is 5.20. The van der Waals surface area contributed by atoms with E-state index in [9.17, 15) is 4.79 Å². The van der Waals surface area contributed by atoms with Gasteiger partial charge in [-0.1, -0.05) is 44.7 Å². The maximum absolute atomic E-state index is 12.4. The number of hydrazine groups is 1. The van der Waals surface area contributed by atoms with Crippen LogP contribution in [0.25, 0.3) is 10.8 Å². The lowest BCUT2D eigenvalue weighted by molar-refractivity contribution is 0.106. The van der Waals surface area contributed by atoms with Gasteiger partial charge in [0.05, 0.1) is 0 Å². The van der Waals surface area contributed by atoms with Crippen molar-refractivity contribution in [3.63, 3.8) is 0 Å². The first kappa shape index (κ1) is 14.2. The summed E-state index contributed by atoms with van der Waals surface area (Å²) < 4.78 is 0. The van der Waals surface area contributed by atoms with Crippen molar-refractivity contribution < 1.29 is 4.79 Å². The number of hydrogen-bond acceptors (Lipinski definition) is 5. The highest BCUT2D eigenvalue weighted by atomic mass is 16.1. The van der Waals surface area contributed by atoms with Gasteiger partial charge in [-0.2, -0.15) is 10.2 Å². The van der Waals surface area contributed by atoms with Crippen LogP contribution < -0.4 is 5.84 Å². The highest BCUT2D eigenvalue weighted by molar-refractivity contribution is 6.78. The number of fused-ring (bicyclic) bond motifs is 4. The van der Waals surface area contributed by atoms with Crippen LogP contribution in [0.3, 0.4) is 0 Å². The van der Waals surface area contributed by atoms with E-state index >= 15 is 0 Å². The first-order chi connectivity index (χ1) is 10.6. The number of rotatable bonds is 0. The van der Waals surface area contributed by atoms with Gasteiger partial charge in [-0.25, -0.2) is 10.8 Å². The van der Waals surface area contributed by atoms with Crippen molar-refractivity contribution in [3.05, 3.63) is 59.9 Å². The fourth-order valence-electron chi connectivity index (χ4n) is 2.54. The Bertz CT molecular complexity index is 864. The predicted molar refractivity (Wildman–Crippen MR) is 88.8 cm³/mol. The molecule has 0 spiro atoms. The van der Waals surface area contributed by atoms with Gasteiger partial charge < -0.3 is 0 Å². The molecule has 110 valence electrons. The zero-order valence-electron chi connectivity index (χ0n) is 12.5. The van der Waals surface area contributed by atoms with Gasteiger partial charge in [-0.3, -0.25) is 4.79 Å². The van der Waals surface area contributed by atoms with Gasteiger partial charge in [0.15, 0.2) is 5.82 Å². The number of ketones is 1. The van der Waals surface area contributed by atoms with Gasteiger partial charge in [0.2, 0.25) is 5.78 Å². The molecular formula is C17H16N4O. The van der Waals surface area contributed by atoms with E-state index in [1.54, 1.807) is 0 Å². The second-order valence-corrected chi connectivity index (χ2v) is 4.74. The van der Waals surface area contributed by atoms with Crippen LogP contribution in [0.4, 0.5) is 0 Å². The first-order valence-corrected chi connectivity index (χ1v) is 7.14. The molecule has 0 amide bonds. The van der Waals surface area contributed by atoms with Crippen LogP contribution in [0.5, 0.6) is 0 Å². The molecule has 2 aromatic carbocycles. The number of nitrogens with two attached hydrogens (primary N) is 1. The summed E-state index contributed by atoms with van der Waals surface area (Å²) in [6.07, 6.45) is 0. The van der Waals surface area contributed by atoms with E-state index in [0.717, 1.165) is 21.5 Å². The zero-order chi connectivity index (χ0) is 15.9. The SMILES string of the molecule is C=C1N=C2C(=O)c3cc4ccccc4cc3C2=NN1N.CC. The zero-order valence-corrected chi connectivity index (χ0v) is 12.5. The number of benzene rings is 2. The summed E-state index contributed by atoms with van der Waals surface area (Å²) in [5, 5.41) is 7.36. The van der Waals surface area contributed by atoms with Gasteiger partial charge >= 0.3 is 0 Å². The fourth-order valence-corrected chi connectivity index (χ4v) is 2.54. The summed E-state index contributed by atoms with van der Waals surface area (Å²) in [6, 6.07) is 11.7. The van der Waals surface area contributed by atoms with Crippen LogP contribution in [0, 0.1) is 0 Å². The van der Waals surface area contributed by atoms with Crippen LogP contribution in [0.1, 0.15) is 29.8 Å². The van der Waals surface area contributed by atoms with Gasteiger partial charge in [0, 0.05) is 11.1 Å². The number of hydrogen-bond donors (Lipinski definition) is 1. The Labute approximate surface area is 128 Å². The smallest absolute Gasteiger partial charge is 0.214 e. The van der Waals surface area contributed by atoms with Gasteiger partial charge in [-0.15, -0.1) is 0 Å². The number of carbonyl (C=O) groups excluding carboxylic acids is 1. The maximum atomic E-state index is 12.4. The lowest BCUT2D eigenvalue weighted by Crippen LogP contribution is -2.32. The van der Waals surface area contributed by atoms with Crippen molar-refractivity contribution in [2.24, 2.45) is 15.9 Å². The topological polar surface area (TPSA) is 71.0 Å². The molecule has 2 aromatic rings. The Hall–Kier alpha value is -2.79. The molecule has 2 aliphatic rings. The lowest BCUT2D eigenvalue weighted by atomic mass is 10.0. The minimum absolute atomic E-state index is 0.126. The third kappa shape index (κ3) is 1.95. The molecule has 0 fully saturated rings. The summed E-state index contributed by atoms with van der Waals surface area (Å²) in [6.45, 7) is 7.66. The highest BCUT2D eigenvalue weighted by Gasteiger charge is 2.36. The van der Waals surface area contributed by atoms with Crippen LogP contribution in [-0.2, 0) is 0 Å². The third-order valence-electron chi connectivity index (χ3n) is 3.54. The van der Waals surface area contributed by atoms with Crippen LogP contribution >= 0.6 is 0 Å². The molecule has 1 heterocycles. The molecule has 22 heavy (non-hydrogen) atoms.